The van der Waals surface area contributed by atoms with Crippen LogP contribution in [-0.4, -0.2) is 15.1 Å². The van der Waals surface area contributed by atoms with E-state index in [4.69, 9.17) is 0 Å². The van der Waals surface area contributed by atoms with E-state index < -0.39 is 0 Å². The highest BCUT2D eigenvalue weighted by atomic mass is 16.3. The van der Waals surface area contributed by atoms with Gasteiger partial charge in [-0.1, -0.05) is 32.9 Å². The van der Waals surface area contributed by atoms with E-state index >= 15 is 0 Å². The van der Waals surface area contributed by atoms with Crippen molar-refractivity contribution in [3.05, 3.63) is 56.6 Å². The van der Waals surface area contributed by atoms with E-state index in [1.807, 2.05) is 0 Å². The minimum Gasteiger partial charge on any atom is -0.493 e. The zero-order valence-electron chi connectivity index (χ0n) is 13.2. The van der Waals surface area contributed by atoms with E-state index in [0.717, 1.165) is 11.6 Å². The van der Waals surface area contributed by atoms with Gasteiger partial charge in [-0.15, -0.1) is 0 Å². The molecule has 2 rings (SSSR count). The molecule has 0 aliphatic carbocycles. The fraction of sp³-hybridized carbons (Fsp3) is 0.412. The average Bonchev–Trinajstić information content (AvgIpc) is 2.31. The minimum absolute atomic E-state index is 0.103. The summed E-state index contributed by atoms with van der Waals surface area (Å²) in [4.78, 5) is 18.1. The predicted molar refractivity (Wildman–Crippen MR) is 83.9 cm³/mol. The van der Waals surface area contributed by atoms with Crippen LogP contribution in [0.15, 0.2) is 23.0 Å². The first kappa shape index (κ1) is 15.3. The van der Waals surface area contributed by atoms with Gasteiger partial charge >= 0.3 is 0 Å². The molecule has 0 radical (unpaired) electrons. The van der Waals surface area contributed by atoms with Crippen molar-refractivity contribution in [1.82, 2.24) is 9.97 Å². The molecule has 0 atom stereocenters. The summed E-state index contributed by atoms with van der Waals surface area (Å²) in [6.45, 7) is 10.7. The van der Waals surface area contributed by atoms with Crippen molar-refractivity contribution < 1.29 is 5.11 Å². The topological polar surface area (TPSA) is 66.0 Å². The second-order valence-electron chi connectivity index (χ2n) is 6.57. The van der Waals surface area contributed by atoms with Gasteiger partial charge in [0.1, 0.15) is 5.82 Å². The molecule has 0 fully saturated rings. The summed E-state index contributed by atoms with van der Waals surface area (Å²) in [6, 6.07) is 5.44. The van der Waals surface area contributed by atoms with Gasteiger partial charge in [0.15, 0.2) is 0 Å². The molecule has 4 nitrogen and oxygen atoms in total. The largest absolute Gasteiger partial charge is 0.493 e. The molecule has 112 valence electrons. The van der Waals surface area contributed by atoms with Gasteiger partial charge in [0, 0.05) is 6.42 Å². The number of rotatable bonds is 2. The summed E-state index contributed by atoms with van der Waals surface area (Å²) < 4.78 is 0. The van der Waals surface area contributed by atoms with E-state index in [0.29, 0.717) is 12.2 Å². The maximum absolute atomic E-state index is 11.4. The van der Waals surface area contributed by atoms with Crippen LogP contribution < -0.4 is 5.56 Å². The highest BCUT2D eigenvalue weighted by Gasteiger charge is 2.16. The first-order valence-corrected chi connectivity index (χ1v) is 7.06. The molecule has 1 aromatic heterocycles. The fourth-order valence-electron chi connectivity index (χ4n) is 2.45. The van der Waals surface area contributed by atoms with Crippen LogP contribution in [0.3, 0.4) is 0 Å². The molecule has 0 aliphatic heterocycles. The van der Waals surface area contributed by atoms with Gasteiger partial charge in [-0.3, -0.25) is 4.79 Å². The van der Waals surface area contributed by atoms with Crippen molar-refractivity contribution in [1.29, 1.82) is 0 Å². The fourth-order valence-corrected chi connectivity index (χ4v) is 2.45. The summed E-state index contributed by atoms with van der Waals surface area (Å²) in [5.74, 6) is 0.241. The van der Waals surface area contributed by atoms with Gasteiger partial charge in [0.05, 0.1) is 6.07 Å². The second kappa shape index (κ2) is 5.35. The highest BCUT2D eigenvalue weighted by Crippen LogP contribution is 2.27. The number of nitrogens with zero attached hydrogens (tertiary/aromatic N) is 1. The summed E-state index contributed by atoms with van der Waals surface area (Å²) in [7, 11) is 0. The summed E-state index contributed by atoms with van der Waals surface area (Å²) >= 11 is 0. The first-order valence-electron chi connectivity index (χ1n) is 7.06. The molecule has 4 heteroatoms. The number of aromatic nitrogens is 2. The molecular formula is C17H22N2O2. The summed E-state index contributed by atoms with van der Waals surface area (Å²) in [5.41, 5.74) is 4.54. The molecule has 2 N–H and O–H groups in total. The normalized spacial score (nSPS) is 11.7. The molecule has 0 aliphatic rings. The lowest BCUT2D eigenvalue weighted by atomic mass is 9.83. The van der Waals surface area contributed by atoms with Crippen molar-refractivity contribution in [2.75, 3.05) is 0 Å². The lowest BCUT2D eigenvalue weighted by Gasteiger charge is -2.22. The average molecular weight is 286 g/mol. The number of hydrogen-bond acceptors (Lipinski definition) is 3. The molecule has 0 bridgehead atoms. The van der Waals surface area contributed by atoms with Gasteiger partial charge in [-0.25, -0.2) is 0 Å². The van der Waals surface area contributed by atoms with E-state index in [1.165, 1.54) is 16.7 Å². The second-order valence-corrected chi connectivity index (χ2v) is 6.57. The quantitative estimate of drug-likeness (QED) is 0.892. The van der Waals surface area contributed by atoms with Crippen molar-refractivity contribution in [3.8, 4) is 5.88 Å². The Balaban J connectivity index is 2.43. The van der Waals surface area contributed by atoms with Crippen LogP contribution in [0.2, 0.25) is 0 Å². The first-order chi connectivity index (χ1) is 9.66. The van der Waals surface area contributed by atoms with E-state index in [1.54, 1.807) is 0 Å². The Morgan fingerprint density at radius 1 is 1.14 bits per heavy atom. The molecule has 0 unspecified atom stereocenters. The third kappa shape index (κ3) is 3.51. The van der Waals surface area contributed by atoms with Crippen LogP contribution in [0, 0.1) is 13.8 Å². The third-order valence-corrected chi connectivity index (χ3v) is 3.68. The Morgan fingerprint density at radius 3 is 2.19 bits per heavy atom. The van der Waals surface area contributed by atoms with Gasteiger partial charge < -0.3 is 10.1 Å². The van der Waals surface area contributed by atoms with Crippen LogP contribution >= 0.6 is 0 Å². The van der Waals surface area contributed by atoms with Gasteiger partial charge in [-0.2, -0.15) is 4.98 Å². The maximum atomic E-state index is 11.4. The predicted octanol–water partition coefficient (Wildman–Crippen LogP) is 2.98. The number of hydrogen-bond donors (Lipinski definition) is 2. The standard InChI is InChI=1S/C17H22N2O2/c1-10-6-12(17(3,4)5)7-11(2)13(10)8-14-18-15(20)9-16(21)19-14/h6-7,9H,8H2,1-5H3,(H2,18,19,20,21). The molecule has 1 heterocycles. The van der Waals surface area contributed by atoms with Crippen molar-refractivity contribution in [2.45, 2.75) is 46.5 Å². The molecule has 1 aromatic carbocycles. The number of aryl methyl sites for hydroxylation is 2. The SMILES string of the molecule is Cc1cc(C(C)(C)C)cc(C)c1Cc1nc(O)cc(=O)[nH]1. The van der Waals surface area contributed by atoms with Gasteiger partial charge in [0.2, 0.25) is 5.88 Å². The number of benzene rings is 1. The molecule has 0 amide bonds. The molecular weight excluding hydrogens is 264 g/mol. The monoisotopic (exact) mass is 286 g/mol. The van der Waals surface area contributed by atoms with Crippen LogP contribution in [-0.2, 0) is 11.8 Å². The highest BCUT2D eigenvalue weighted by molar-refractivity contribution is 5.41. The Morgan fingerprint density at radius 2 is 1.71 bits per heavy atom. The summed E-state index contributed by atoms with van der Waals surface area (Å²) in [6.07, 6.45) is 0.506. The van der Waals surface area contributed by atoms with Crippen LogP contribution in [0.1, 0.15) is 48.8 Å². The van der Waals surface area contributed by atoms with Crippen molar-refractivity contribution in [3.63, 3.8) is 0 Å². The lowest BCUT2D eigenvalue weighted by Crippen LogP contribution is -2.14. The van der Waals surface area contributed by atoms with Gasteiger partial charge in [-0.05, 0) is 41.5 Å². The molecule has 0 saturated carbocycles. The van der Waals surface area contributed by atoms with Crippen molar-refractivity contribution >= 4 is 0 Å². The molecule has 0 spiro atoms. The third-order valence-electron chi connectivity index (χ3n) is 3.68. The molecule has 21 heavy (non-hydrogen) atoms. The van der Waals surface area contributed by atoms with Crippen LogP contribution in [0.25, 0.3) is 0 Å². The maximum Gasteiger partial charge on any atom is 0.254 e. The molecule has 0 saturated heterocycles. The van der Waals surface area contributed by atoms with Crippen molar-refractivity contribution in [2.24, 2.45) is 0 Å². The van der Waals surface area contributed by atoms with E-state index in [9.17, 15) is 9.90 Å². The summed E-state index contributed by atoms with van der Waals surface area (Å²) in [5, 5.41) is 9.43. The van der Waals surface area contributed by atoms with E-state index in [-0.39, 0.29) is 16.9 Å². The Labute approximate surface area is 124 Å². The van der Waals surface area contributed by atoms with E-state index in [2.05, 4.69) is 56.7 Å². The van der Waals surface area contributed by atoms with Gasteiger partial charge in [0.25, 0.3) is 5.56 Å². The van der Waals surface area contributed by atoms with Crippen LogP contribution in [0.4, 0.5) is 0 Å². The Kier molecular flexibility index (Phi) is 3.90. The number of aromatic amines is 1. The van der Waals surface area contributed by atoms with Crippen LogP contribution in [0.5, 0.6) is 5.88 Å². The zero-order chi connectivity index (χ0) is 15.8. The minimum atomic E-state index is -0.334. The lowest BCUT2D eigenvalue weighted by molar-refractivity contribution is 0.448. The number of aromatic hydroxyl groups is 1. The molecule has 2 aromatic rings. The number of nitrogens with one attached hydrogen (secondary N) is 1. The number of H-pyrrole nitrogens is 1. The smallest absolute Gasteiger partial charge is 0.254 e. The Bertz CT molecular complexity index is 701. The Hall–Kier alpha value is -2.10. The zero-order valence-corrected chi connectivity index (χ0v) is 13.2.